The van der Waals surface area contributed by atoms with E-state index in [-0.39, 0.29) is 24.1 Å². The van der Waals surface area contributed by atoms with Crippen LogP contribution in [-0.4, -0.2) is 17.7 Å². The standard InChI is InChI=1S/C19H17NO4/c1-12(21)13-7-9-15(10-8-13)20-19(23)16-11-17(22)24-18(16)14-5-3-2-4-6-14/h2-10,16,18H,11H2,1H3,(H,20,23). The first-order valence-corrected chi connectivity index (χ1v) is 7.71. The number of carbonyl (C=O) groups excluding carboxylic acids is 3. The largest absolute Gasteiger partial charge is 0.457 e. The van der Waals surface area contributed by atoms with Crippen LogP contribution >= 0.6 is 0 Å². The molecular weight excluding hydrogens is 306 g/mol. The average molecular weight is 323 g/mol. The lowest BCUT2D eigenvalue weighted by Crippen LogP contribution is -2.25. The number of anilines is 1. The molecule has 5 nitrogen and oxygen atoms in total. The number of nitrogens with one attached hydrogen (secondary N) is 1. The summed E-state index contributed by atoms with van der Waals surface area (Å²) in [5, 5.41) is 2.79. The summed E-state index contributed by atoms with van der Waals surface area (Å²) < 4.78 is 5.32. The topological polar surface area (TPSA) is 72.5 Å². The first kappa shape index (κ1) is 15.9. The van der Waals surface area contributed by atoms with Crippen LogP contribution in [0.1, 0.15) is 35.4 Å². The number of ketones is 1. The van der Waals surface area contributed by atoms with Gasteiger partial charge in [-0.1, -0.05) is 30.3 Å². The Balaban J connectivity index is 1.75. The molecule has 0 saturated carbocycles. The molecule has 0 aromatic heterocycles. The summed E-state index contributed by atoms with van der Waals surface area (Å²) >= 11 is 0. The molecule has 5 heteroatoms. The molecular formula is C19H17NO4. The van der Waals surface area contributed by atoms with Crippen molar-refractivity contribution in [3.05, 3.63) is 65.7 Å². The molecule has 2 aromatic rings. The van der Waals surface area contributed by atoms with Crippen molar-refractivity contribution in [2.45, 2.75) is 19.4 Å². The molecule has 2 aromatic carbocycles. The molecule has 1 N–H and O–H groups in total. The minimum Gasteiger partial charge on any atom is -0.457 e. The predicted octanol–water partition coefficient (Wildman–Crippen LogP) is 3.13. The zero-order valence-corrected chi connectivity index (χ0v) is 13.2. The second kappa shape index (κ2) is 6.66. The molecule has 1 aliphatic rings. The maximum atomic E-state index is 12.6. The molecule has 1 aliphatic heterocycles. The summed E-state index contributed by atoms with van der Waals surface area (Å²) in [6.07, 6.45) is -0.521. The van der Waals surface area contributed by atoms with E-state index in [1.54, 1.807) is 24.3 Å². The van der Waals surface area contributed by atoms with E-state index in [1.807, 2.05) is 30.3 Å². The molecule has 0 bridgehead atoms. The van der Waals surface area contributed by atoms with Gasteiger partial charge in [-0.3, -0.25) is 14.4 Å². The fourth-order valence-electron chi connectivity index (χ4n) is 2.75. The molecule has 122 valence electrons. The SMILES string of the molecule is CC(=O)c1ccc(NC(=O)C2CC(=O)OC2c2ccccc2)cc1. The van der Waals surface area contributed by atoms with Crippen molar-refractivity contribution < 1.29 is 19.1 Å². The fourth-order valence-corrected chi connectivity index (χ4v) is 2.75. The van der Waals surface area contributed by atoms with Crippen molar-refractivity contribution in [3.8, 4) is 0 Å². The average Bonchev–Trinajstić information content (AvgIpc) is 2.98. The van der Waals surface area contributed by atoms with Crippen molar-refractivity contribution in [1.82, 2.24) is 0 Å². The third-order valence-electron chi connectivity index (χ3n) is 4.03. The molecule has 24 heavy (non-hydrogen) atoms. The molecule has 2 unspecified atom stereocenters. The van der Waals surface area contributed by atoms with Crippen molar-refractivity contribution in [2.24, 2.45) is 5.92 Å². The van der Waals surface area contributed by atoms with Crippen LogP contribution in [0.4, 0.5) is 5.69 Å². The normalized spacial score (nSPS) is 19.6. The first-order chi connectivity index (χ1) is 11.5. The van der Waals surface area contributed by atoms with Crippen molar-refractivity contribution in [2.75, 3.05) is 5.32 Å². The second-order valence-electron chi connectivity index (χ2n) is 5.75. The highest BCUT2D eigenvalue weighted by molar-refractivity contribution is 5.98. The van der Waals surface area contributed by atoms with Gasteiger partial charge in [0.15, 0.2) is 5.78 Å². The van der Waals surface area contributed by atoms with Crippen LogP contribution < -0.4 is 5.32 Å². The number of amides is 1. The van der Waals surface area contributed by atoms with Gasteiger partial charge in [-0.2, -0.15) is 0 Å². The van der Waals surface area contributed by atoms with Crippen LogP contribution in [0.15, 0.2) is 54.6 Å². The summed E-state index contributed by atoms with van der Waals surface area (Å²) in [7, 11) is 0. The van der Waals surface area contributed by atoms with E-state index >= 15 is 0 Å². The molecule has 0 spiro atoms. The van der Waals surface area contributed by atoms with Gasteiger partial charge < -0.3 is 10.1 Å². The molecule has 0 radical (unpaired) electrons. The number of hydrogen-bond donors (Lipinski definition) is 1. The van der Waals surface area contributed by atoms with Gasteiger partial charge in [-0.05, 0) is 36.8 Å². The van der Waals surface area contributed by atoms with Crippen molar-refractivity contribution >= 4 is 23.3 Å². The summed E-state index contributed by atoms with van der Waals surface area (Å²) in [4.78, 5) is 35.5. The number of carbonyl (C=O) groups is 3. The summed E-state index contributed by atoms with van der Waals surface area (Å²) in [5.74, 6) is -1.26. The van der Waals surface area contributed by atoms with Gasteiger partial charge in [-0.25, -0.2) is 0 Å². The van der Waals surface area contributed by atoms with Crippen LogP contribution in [-0.2, 0) is 14.3 Å². The molecule has 0 aliphatic carbocycles. The van der Waals surface area contributed by atoms with Gasteiger partial charge in [0.05, 0.1) is 12.3 Å². The molecule has 3 rings (SSSR count). The minimum atomic E-state index is -0.576. The van der Waals surface area contributed by atoms with Gasteiger partial charge in [0, 0.05) is 11.3 Å². The van der Waals surface area contributed by atoms with Gasteiger partial charge >= 0.3 is 5.97 Å². The smallest absolute Gasteiger partial charge is 0.307 e. The van der Waals surface area contributed by atoms with E-state index in [0.717, 1.165) is 5.56 Å². The highest BCUT2D eigenvalue weighted by atomic mass is 16.6. The zero-order valence-electron chi connectivity index (χ0n) is 13.2. The minimum absolute atomic E-state index is 0.0354. The van der Waals surface area contributed by atoms with E-state index in [4.69, 9.17) is 4.74 Å². The Bertz CT molecular complexity index is 768. The fraction of sp³-hybridized carbons (Fsp3) is 0.211. The summed E-state index contributed by atoms with van der Waals surface area (Å²) in [6, 6.07) is 15.9. The zero-order chi connectivity index (χ0) is 17.1. The number of cyclic esters (lactones) is 1. The third-order valence-corrected chi connectivity index (χ3v) is 4.03. The summed E-state index contributed by atoms with van der Waals surface area (Å²) in [6.45, 7) is 1.49. The van der Waals surface area contributed by atoms with E-state index in [2.05, 4.69) is 5.32 Å². The third kappa shape index (κ3) is 3.35. The number of hydrogen-bond acceptors (Lipinski definition) is 4. The van der Waals surface area contributed by atoms with Crippen molar-refractivity contribution in [3.63, 3.8) is 0 Å². The molecule has 1 fully saturated rings. The van der Waals surface area contributed by atoms with E-state index < -0.39 is 12.0 Å². The predicted molar refractivity (Wildman–Crippen MR) is 88.5 cm³/mol. The number of rotatable bonds is 4. The quantitative estimate of drug-likeness (QED) is 0.693. The van der Waals surface area contributed by atoms with E-state index in [0.29, 0.717) is 11.3 Å². The highest BCUT2D eigenvalue weighted by Crippen LogP contribution is 2.36. The molecule has 1 amide bonds. The number of esters is 1. The van der Waals surface area contributed by atoms with Crippen LogP contribution in [0.3, 0.4) is 0 Å². The Morgan fingerprint density at radius 2 is 1.71 bits per heavy atom. The Morgan fingerprint density at radius 3 is 2.33 bits per heavy atom. The monoisotopic (exact) mass is 323 g/mol. The molecule has 2 atom stereocenters. The van der Waals surface area contributed by atoms with Crippen molar-refractivity contribution in [1.29, 1.82) is 0 Å². The van der Waals surface area contributed by atoms with Crippen LogP contribution in [0.25, 0.3) is 0 Å². The highest BCUT2D eigenvalue weighted by Gasteiger charge is 2.40. The lowest BCUT2D eigenvalue weighted by molar-refractivity contribution is -0.141. The number of Topliss-reactive ketones (excluding diaryl/α,β-unsaturated/α-hetero) is 1. The van der Waals surface area contributed by atoms with Crippen LogP contribution in [0, 0.1) is 5.92 Å². The van der Waals surface area contributed by atoms with E-state index in [1.165, 1.54) is 6.92 Å². The molecule has 1 heterocycles. The second-order valence-corrected chi connectivity index (χ2v) is 5.75. The van der Waals surface area contributed by atoms with Crippen LogP contribution in [0.5, 0.6) is 0 Å². The van der Waals surface area contributed by atoms with Gasteiger partial charge in [-0.15, -0.1) is 0 Å². The maximum Gasteiger partial charge on any atom is 0.307 e. The Kier molecular flexibility index (Phi) is 4.42. The maximum absolute atomic E-state index is 12.6. The lowest BCUT2D eigenvalue weighted by atomic mass is 9.94. The van der Waals surface area contributed by atoms with Gasteiger partial charge in [0.25, 0.3) is 0 Å². The van der Waals surface area contributed by atoms with Crippen LogP contribution in [0.2, 0.25) is 0 Å². The first-order valence-electron chi connectivity index (χ1n) is 7.71. The summed E-state index contributed by atoms with van der Waals surface area (Å²) in [5.41, 5.74) is 1.96. The Labute approximate surface area is 139 Å². The Morgan fingerprint density at radius 1 is 1.04 bits per heavy atom. The number of benzene rings is 2. The Hall–Kier alpha value is -2.95. The lowest BCUT2D eigenvalue weighted by Gasteiger charge is -2.17. The molecule has 1 saturated heterocycles. The van der Waals surface area contributed by atoms with E-state index in [9.17, 15) is 14.4 Å². The van der Waals surface area contributed by atoms with Gasteiger partial charge in [0.1, 0.15) is 6.10 Å². The number of ether oxygens (including phenoxy) is 1. The van der Waals surface area contributed by atoms with Gasteiger partial charge in [0.2, 0.25) is 5.91 Å².